The largest absolute Gasteiger partial charge is 0.443 e. The monoisotopic (exact) mass is 279 g/mol. The van der Waals surface area contributed by atoms with Crippen molar-refractivity contribution in [1.29, 1.82) is 0 Å². The molecule has 0 radical (unpaired) electrons. The summed E-state index contributed by atoms with van der Waals surface area (Å²) in [6.07, 6.45) is 0.421. The van der Waals surface area contributed by atoms with E-state index in [1.165, 1.54) is 0 Å². The van der Waals surface area contributed by atoms with E-state index in [2.05, 4.69) is 0 Å². The molecule has 2 rings (SSSR count). The third kappa shape index (κ3) is 3.29. The van der Waals surface area contributed by atoms with E-state index in [1.807, 2.05) is 26.8 Å². The van der Waals surface area contributed by atoms with Gasteiger partial charge in [0.05, 0.1) is 5.69 Å². The second-order valence-corrected chi connectivity index (χ2v) is 6.46. The van der Waals surface area contributed by atoms with Crippen LogP contribution in [0.2, 0.25) is 0 Å². The molecule has 0 spiro atoms. The van der Waals surface area contributed by atoms with Crippen LogP contribution in [-0.4, -0.2) is 30.3 Å². The van der Waals surface area contributed by atoms with Crippen LogP contribution in [0.4, 0.5) is 10.5 Å². The van der Waals surface area contributed by atoms with Gasteiger partial charge in [0.15, 0.2) is 0 Å². The molecule has 1 aromatic carbocycles. The summed E-state index contributed by atoms with van der Waals surface area (Å²) in [6.45, 7) is 6.11. The number of carbonyl (C=O) groups excluding carboxylic acids is 2. The average Bonchev–Trinajstić information content (AvgIpc) is 2.35. The van der Waals surface area contributed by atoms with Crippen LogP contribution in [0.15, 0.2) is 23.1 Å². The molecule has 0 unspecified atom stereocenters. The van der Waals surface area contributed by atoms with Crippen molar-refractivity contribution >= 4 is 29.8 Å². The summed E-state index contributed by atoms with van der Waals surface area (Å²) in [5.41, 5.74) is 0.800. The number of rotatable bonds is 1. The van der Waals surface area contributed by atoms with Crippen LogP contribution >= 0.6 is 11.8 Å². The highest BCUT2D eigenvalue weighted by Gasteiger charge is 2.27. The SMILES string of the molecule is CC(C)(C)OC(=O)N1CCSc2ccc(C=O)cc21. The van der Waals surface area contributed by atoms with Crippen molar-refractivity contribution in [2.75, 3.05) is 17.2 Å². The molecule has 0 bridgehead atoms. The van der Waals surface area contributed by atoms with Gasteiger partial charge in [-0.3, -0.25) is 9.69 Å². The maximum atomic E-state index is 12.2. The molecule has 0 fully saturated rings. The van der Waals surface area contributed by atoms with Gasteiger partial charge >= 0.3 is 6.09 Å². The van der Waals surface area contributed by atoms with Gasteiger partial charge in [0.2, 0.25) is 0 Å². The van der Waals surface area contributed by atoms with Gasteiger partial charge in [-0.1, -0.05) is 6.07 Å². The third-order valence-corrected chi connectivity index (χ3v) is 3.64. The van der Waals surface area contributed by atoms with Gasteiger partial charge in [0, 0.05) is 22.8 Å². The first kappa shape index (κ1) is 13.9. The van der Waals surface area contributed by atoms with Crippen LogP contribution in [0.1, 0.15) is 31.1 Å². The molecule has 1 aliphatic rings. The van der Waals surface area contributed by atoms with E-state index in [-0.39, 0.29) is 6.09 Å². The smallest absolute Gasteiger partial charge is 0.414 e. The average molecular weight is 279 g/mol. The number of anilines is 1. The van der Waals surface area contributed by atoms with Crippen LogP contribution in [0.5, 0.6) is 0 Å². The molecule has 0 N–H and O–H groups in total. The minimum absolute atomic E-state index is 0.364. The zero-order chi connectivity index (χ0) is 14.0. The Bertz CT molecular complexity index is 508. The Labute approximate surface area is 117 Å². The van der Waals surface area contributed by atoms with Crippen molar-refractivity contribution in [2.24, 2.45) is 0 Å². The van der Waals surface area contributed by atoms with E-state index in [1.54, 1.807) is 28.8 Å². The van der Waals surface area contributed by atoms with Crippen molar-refractivity contribution < 1.29 is 14.3 Å². The first-order valence-electron chi connectivity index (χ1n) is 6.13. The fourth-order valence-electron chi connectivity index (χ4n) is 1.81. The van der Waals surface area contributed by atoms with Crippen molar-refractivity contribution in [2.45, 2.75) is 31.3 Å². The van der Waals surface area contributed by atoms with E-state index >= 15 is 0 Å². The molecule has 0 saturated carbocycles. The Morgan fingerprint density at radius 3 is 2.79 bits per heavy atom. The number of thioether (sulfide) groups is 1. The molecule has 4 nitrogen and oxygen atoms in total. The number of nitrogens with zero attached hydrogens (tertiary/aromatic N) is 1. The van der Waals surface area contributed by atoms with Crippen LogP contribution in [0.25, 0.3) is 0 Å². The van der Waals surface area contributed by atoms with Gasteiger partial charge in [-0.15, -0.1) is 11.8 Å². The molecule has 1 amide bonds. The summed E-state index contributed by atoms with van der Waals surface area (Å²) in [5.74, 6) is 0.826. The van der Waals surface area contributed by atoms with Crippen LogP contribution in [-0.2, 0) is 4.74 Å². The van der Waals surface area contributed by atoms with Gasteiger partial charge in [0.25, 0.3) is 0 Å². The molecule has 0 saturated heterocycles. The number of fused-ring (bicyclic) bond motifs is 1. The Balaban J connectivity index is 2.30. The van der Waals surface area contributed by atoms with Crippen LogP contribution in [0, 0.1) is 0 Å². The number of carbonyl (C=O) groups is 2. The van der Waals surface area contributed by atoms with Crippen LogP contribution in [0.3, 0.4) is 0 Å². The van der Waals surface area contributed by atoms with E-state index in [0.29, 0.717) is 12.1 Å². The van der Waals surface area contributed by atoms with E-state index in [4.69, 9.17) is 4.74 Å². The van der Waals surface area contributed by atoms with Gasteiger partial charge < -0.3 is 4.74 Å². The van der Waals surface area contributed by atoms with Crippen molar-refractivity contribution in [3.63, 3.8) is 0 Å². The number of ether oxygens (including phenoxy) is 1. The predicted molar refractivity (Wildman–Crippen MR) is 76.1 cm³/mol. The van der Waals surface area contributed by atoms with E-state index in [0.717, 1.165) is 22.6 Å². The van der Waals surface area contributed by atoms with Gasteiger partial charge in [-0.2, -0.15) is 0 Å². The second-order valence-electron chi connectivity index (χ2n) is 5.33. The molecule has 0 aromatic heterocycles. The van der Waals surface area contributed by atoms with E-state index < -0.39 is 5.60 Å². The molecule has 0 aliphatic carbocycles. The molecule has 1 heterocycles. The lowest BCUT2D eigenvalue weighted by Gasteiger charge is -2.31. The zero-order valence-corrected chi connectivity index (χ0v) is 12.1. The Morgan fingerprint density at radius 1 is 1.42 bits per heavy atom. The second kappa shape index (κ2) is 5.25. The number of hydrogen-bond acceptors (Lipinski definition) is 4. The van der Waals surface area contributed by atoms with Crippen LogP contribution < -0.4 is 4.90 Å². The highest BCUT2D eigenvalue weighted by atomic mass is 32.2. The lowest BCUT2D eigenvalue weighted by molar-refractivity contribution is 0.0581. The maximum absolute atomic E-state index is 12.2. The van der Waals surface area contributed by atoms with Crippen molar-refractivity contribution in [3.05, 3.63) is 23.8 Å². The maximum Gasteiger partial charge on any atom is 0.414 e. The fourth-order valence-corrected chi connectivity index (χ4v) is 2.79. The normalized spacial score (nSPS) is 14.8. The lowest BCUT2D eigenvalue weighted by Crippen LogP contribution is -2.39. The summed E-state index contributed by atoms with van der Waals surface area (Å²) in [6, 6.07) is 5.37. The molecule has 19 heavy (non-hydrogen) atoms. The number of hydrogen-bond donors (Lipinski definition) is 0. The minimum atomic E-state index is -0.524. The molecule has 102 valence electrons. The van der Waals surface area contributed by atoms with E-state index in [9.17, 15) is 9.59 Å². The topological polar surface area (TPSA) is 46.6 Å². The standard InChI is InChI=1S/C14H17NO3S/c1-14(2,3)18-13(17)15-6-7-19-12-5-4-10(9-16)8-11(12)15/h4-5,8-9H,6-7H2,1-3H3. The van der Waals surface area contributed by atoms with Crippen molar-refractivity contribution in [3.8, 4) is 0 Å². The first-order valence-corrected chi connectivity index (χ1v) is 7.12. The quantitative estimate of drug-likeness (QED) is 0.740. The summed E-state index contributed by atoms with van der Waals surface area (Å²) < 4.78 is 5.40. The molecular weight excluding hydrogens is 262 g/mol. The first-order chi connectivity index (χ1) is 8.90. The zero-order valence-electron chi connectivity index (χ0n) is 11.3. The molecule has 0 atom stereocenters. The van der Waals surface area contributed by atoms with Crippen molar-refractivity contribution in [1.82, 2.24) is 0 Å². The van der Waals surface area contributed by atoms with Gasteiger partial charge in [-0.25, -0.2) is 4.79 Å². The molecule has 1 aliphatic heterocycles. The molecule has 1 aromatic rings. The Kier molecular flexibility index (Phi) is 3.85. The summed E-state index contributed by atoms with van der Waals surface area (Å²) >= 11 is 1.68. The predicted octanol–water partition coefficient (Wildman–Crippen LogP) is 3.35. The van der Waals surface area contributed by atoms with Gasteiger partial charge in [0.1, 0.15) is 11.9 Å². The highest BCUT2D eigenvalue weighted by molar-refractivity contribution is 7.99. The highest BCUT2D eigenvalue weighted by Crippen LogP contribution is 2.35. The molecule has 5 heteroatoms. The summed E-state index contributed by atoms with van der Waals surface area (Å²) in [5, 5.41) is 0. The number of amides is 1. The minimum Gasteiger partial charge on any atom is -0.443 e. The Morgan fingerprint density at radius 2 is 2.16 bits per heavy atom. The summed E-state index contributed by atoms with van der Waals surface area (Å²) in [4.78, 5) is 25.6. The molecular formula is C14H17NO3S. The summed E-state index contributed by atoms with van der Waals surface area (Å²) in [7, 11) is 0. The number of benzene rings is 1. The fraction of sp³-hybridized carbons (Fsp3) is 0.429. The lowest BCUT2D eigenvalue weighted by atomic mass is 10.2. The number of aldehydes is 1. The third-order valence-electron chi connectivity index (χ3n) is 2.60. The van der Waals surface area contributed by atoms with Gasteiger partial charge in [-0.05, 0) is 32.9 Å². The Hall–Kier alpha value is -1.49.